The molecule has 1 saturated heterocycles. The number of likely N-dealkylation sites (tertiary alicyclic amines) is 1. The molecule has 0 atom stereocenters. The van der Waals surface area contributed by atoms with Crippen LogP contribution in [0.5, 0.6) is 0 Å². The third-order valence-corrected chi connectivity index (χ3v) is 6.09. The average molecular weight is 377 g/mol. The molecular formula is C14H21BrN2O3S. The lowest BCUT2D eigenvalue weighted by atomic mass is 10.1. The summed E-state index contributed by atoms with van der Waals surface area (Å²) in [5, 5.41) is 9.13. The molecule has 0 bridgehead atoms. The Morgan fingerprint density at radius 1 is 1.24 bits per heavy atom. The predicted octanol–water partition coefficient (Wildman–Crippen LogP) is 1.71. The van der Waals surface area contributed by atoms with Crippen molar-refractivity contribution >= 4 is 26.0 Å². The van der Waals surface area contributed by atoms with Gasteiger partial charge in [0.25, 0.3) is 0 Å². The van der Waals surface area contributed by atoms with Crippen LogP contribution in [0.15, 0.2) is 27.6 Å². The molecule has 0 aliphatic carbocycles. The van der Waals surface area contributed by atoms with Crippen molar-refractivity contribution in [3.63, 3.8) is 0 Å². The maximum Gasteiger partial charge on any atom is 0.241 e. The largest absolute Gasteiger partial charge is 0.392 e. The van der Waals surface area contributed by atoms with E-state index < -0.39 is 10.0 Å². The minimum absolute atomic E-state index is 0.174. The van der Waals surface area contributed by atoms with Crippen molar-refractivity contribution in [3.8, 4) is 0 Å². The van der Waals surface area contributed by atoms with Gasteiger partial charge in [0, 0.05) is 17.6 Å². The van der Waals surface area contributed by atoms with E-state index >= 15 is 0 Å². The molecule has 1 aliphatic rings. The zero-order valence-corrected chi connectivity index (χ0v) is 14.3. The second kappa shape index (κ2) is 7.69. The van der Waals surface area contributed by atoms with Crippen LogP contribution in [0.3, 0.4) is 0 Å². The molecule has 1 heterocycles. The van der Waals surface area contributed by atoms with Crippen LogP contribution in [-0.4, -0.2) is 44.6 Å². The standard InChI is InChI=1S/C14H21BrN2O3S/c15-13-5-4-12(11-18)10-14(13)21(19,20)16-6-9-17-7-2-1-3-8-17/h4-5,10,16,18H,1-3,6-9,11H2. The number of piperidine rings is 1. The first-order valence-corrected chi connectivity index (χ1v) is 9.42. The summed E-state index contributed by atoms with van der Waals surface area (Å²) >= 11 is 3.25. The van der Waals surface area contributed by atoms with E-state index in [2.05, 4.69) is 25.6 Å². The number of sulfonamides is 1. The van der Waals surface area contributed by atoms with E-state index in [9.17, 15) is 8.42 Å². The molecule has 2 rings (SSSR count). The van der Waals surface area contributed by atoms with Crippen molar-refractivity contribution < 1.29 is 13.5 Å². The Bertz CT molecular complexity index is 572. The van der Waals surface area contributed by atoms with E-state index in [1.807, 2.05) is 0 Å². The molecule has 21 heavy (non-hydrogen) atoms. The monoisotopic (exact) mass is 376 g/mol. The zero-order valence-electron chi connectivity index (χ0n) is 11.9. The molecule has 1 fully saturated rings. The van der Waals surface area contributed by atoms with Gasteiger partial charge in [-0.25, -0.2) is 13.1 Å². The summed E-state index contributed by atoms with van der Waals surface area (Å²) in [6, 6.07) is 4.83. The van der Waals surface area contributed by atoms with Gasteiger partial charge in [-0.2, -0.15) is 0 Å². The molecule has 0 radical (unpaired) electrons. The minimum Gasteiger partial charge on any atom is -0.392 e. The molecule has 5 nitrogen and oxygen atoms in total. The van der Waals surface area contributed by atoms with Crippen LogP contribution in [-0.2, 0) is 16.6 Å². The van der Waals surface area contributed by atoms with Crippen molar-refractivity contribution in [2.24, 2.45) is 0 Å². The lowest BCUT2D eigenvalue weighted by Gasteiger charge is -2.26. The number of nitrogens with zero attached hydrogens (tertiary/aromatic N) is 1. The van der Waals surface area contributed by atoms with E-state index in [0.717, 1.165) is 19.6 Å². The SMILES string of the molecule is O=S(=O)(NCCN1CCCCC1)c1cc(CO)ccc1Br. The summed E-state index contributed by atoms with van der Waals surface area (Å²) in [6.07, 6.45) is 3.65. The number of halogens is 1. The van der Waals surface area contributed by atoms with Crippen molar-refractivity contribution in [3.05, 3.63) is 28.2 Å². The fourth-order valence-electron chi connectivity index (χ4n) is 2.45. The second-order valence-corrected chi connectivity index (χ2v) is 7.81. The molecule has 0 amide bonds. The number of hydrogen-bond donors (Lipinski definition) is 2. The van der Waals surface area contributed by atoms with Crippen LogP contribution < -0.4 is 4.72 Å². The fraction of sp³-hybridized carbons (Fsp3) is 0.571. The Balaban J connectivity index is 1.97. The van der Waals surface area contributed by atoms with Gasteiger partial charge in [-0.1, -0.05) is 12.5 Å². The Hall–Kier alpha value is -0.470. The second-order valence-electron chi connectivity index (χ2n) is 5.22. The maximum absolute atomic E-state index is 12.3. The highest BCUT2D eigenvalue weighted by molar-refractivity contribution is 9.10. The van der Waals surface area contributed by atoms with Crippen LogP contribution in [0.4, 0.5) is 0 Å². The van der Waals surface area contributed by atoms with Crippen LogP contribution in [0.2, 0.25) is 0 Å². The highest BCUT2D eigenvalue weighted by atomic mass is 79.9. The average Bonchev–Trinajstić information content (AvgIpc) is 2.48. The van der Waals surface area contributed by atoms with Gasteiger partial charge in [-0.3, -0.25) is 0 Å². The van der Waals surface area contributed by atoms with Crippen LogP contribution in [0.1, 0.15) is 24.8 Å². The predicted molar refractivity (Wildman–Crippen MR) is 85.5 cm³/mol. The van der Waals surface area contributed by atoms with Crippen molar-refractivity contribution in [2.45, 2.75) is 30.8 Å². The van der Waals surface area contributed by atoms with Crippen LogP contribution >= 0.6 is 15.9 Å². The van der Waals surface area contributed by atoms with Gasteiger partial charge in [-0.15, -0.1) is 0 Å². The van der Waals surface area contributed by atoms with Crippen molar-refractivity contribution in [2.75, 3.05) is 26.2 Å². The molecule has 1 aliphatic heterocycles. The first kappa shape index (κ1) is 16.9. The Morgan fingerprint density at radius 2 is 1.95 bits per heavy atom. The summed E-state index contributed by atoms with van der Waals surface area (Å²) in [7, 11) is -3.56. The van der Waals surface area contributed by atoms with Gasteiger partial charge >= 0.3 is 0 Å². The lowest BCUT2D eigenvalue weighted by molar-refractivity contribution is 0.233. The molecule has 1 aromatic carbocycles. The molecule has 2 N–H and O–H groups in total. The highest BCUT2D eigenvalue weighted by Gasteiger charge is 2.18. The Morgan fingerprint density at radius 3 is 2.62 bits per heavy atom. The van der Waals surface area contributed by atoms with Gasteiger partial charge in [0.15, 0.2) is 0 Å². The summed E-state index contributed by atoms with van der Waals surface area (Å²) < 4.78 is 27.8. The highest BCUT2D eigenvalue weighted by Crippen LogP contribution is 2.23. The Labute approximate surface area is 134 Å². The number of aliphatic hydroxyl groups excluding tert-OH is 1. The van der Waals surface area contributed by atoms with Gasteiger partial charge in [0.2, 0.25) is 10.0 Å². The minimum atomic E-state index is -3.56. The van der Waals surface area contributed by atoms with E-state index in [0.29, 0.717) is 16.6 Å². The molecule has 7 heteroatoms. The normalized spacial score (nSPS) is 17.0. The molecule has 0 unspecified atom stereocenters. The lowest BCUT2D eigenvalue weighted by Crippen LogP contribution is -2.37. The molecule has 0 aromatic heterocycles. The topological polar surface area (TPSA) is 69.6 Å². The third-order valence-electron chi connectivity index (χ3n) is 3.64. The summed E-state index contributed by atoms with van der Waals surface area (Å²) in [5.41, 5.74) is 0.578. The number of benzene rings is 1. The molecular weight excluding hydrogens is 356 g/mol. The summed E-state index contributed by atoms with van der Waals surface area (Å²) in [6.45, 7) is 3.05. The molecule has 0 saturated carbocycles. The number of rotatable bonds is 6. The summed E-state index contributed by atoms with van der Waals surface area (Å²) in [4.78, 5) is 2.46. The van der Waals surface area contributed by atoms with Gasteiger partial charge in [0.05, 0.1) is 11.5 Å². The third kappa shape index (κ3) is 4.75. The fourth-order valence-corrected chi connectivity index (χ4v) is 4.48. The van der Waals surface area contributed by atoms with E-state index in [4.69, 9.17) is 5.11 Å². The van der Waals surface area contributed by atoms with Crippen molar-refractivity contribution in [1.82, 2.24) is 9.62 Å². The van der Waals surface area contributed by atoms with E-state index in [1.54, 1.807) is 12.1 Å². The molecule has 118 valence electrons. The quantitative estimate of drug-likeness (QED) is 0.792. The summed E-state index contributed by atoms with van der Waals surface area (Å²) in [5.74, 6) is 0. The van der Waals surface area contributed by atoms with E-state index in [1.165, 1.54) is 25.3 Å². The first-order valence-electron chi connectivity index (χ1n) is 7.14. The zero-order chi connectivity index (χ0) is 15.3. The van der Waals surface area contributed by atoms with Crippen LogP contribution in [0, 0.1) is 0 Å². The van der Waals surface area contributed by atoms with E-state index in [-0.39, 0.29) is 11.5 Å². The van der Waals surface area contributed by atoms with Gasteiger partial charge < -0.3 is 10.0 Å². The van der Waals surface area contributed by atoms with Gasteiger partial charge in [0.1, 0.15) is 0 Å². The Kier molecular flexibility index (Phi) is 6.19. The maximum atomic E-state index is 12.3. The smallest absolute Gasteiger partial charge is 0.241 e. The first-order chi connectivity index (χ1) is 10.0. The number of aliphatic hydroxyl groups is 1. The van der Waals surface area contributed by atoms with Crippen LogP contribution in [0.25, 0.3) is 0 Å². The van der Waals surface area contributed by atoms with Gasteiger partial charge in [-0.05, 0) is 59.6 Å². The molecule has 0 spiro atoms. The molecule has 1 aromatic rings. The number of hydrogen-bond acceptors (Lipinski definition) is 4. The van der Waals surface area contributed by atoms with Crippen molar-refractivity contribution in [1.29, 1.82) is 0 Å². The number of nitrogens with one attached hydrogen (secondary N) is 1.